The van der Waals surface area contributed by atoms with E-state index in [9.17, 15) is 0 Å². The van der Waals surface area contributed by atoms with Crippen LogP contribution in [0.2, 0.25) is 0 Å². The van der Waals surface area contributed by atoms with Crippen LogP contribution < -0.4 is 5.73 Å². The van der Waals surface area contributed by atoms with Crippen molar-refractivity contribution in [1.29, 1.82) is 0 Å². The largest absolute Gasteiger partial charge is 0.382 e. The zero-order valence-corrected chi connectivity index (χ0v) is 22.1. The number of nitrogen functional groups attached to an aromatic ring is 1. The number of likely N-dealkylation sites (N-methyl/N-ethyl adjacent to an activating group) is 2. The Kier molecular flexibility index (Phi) is 8.83. The lowest BCUT2D eigenvalue weighted by Gasteiger charge is -2.23. The number of aryl methyl sites for hydroxylation is 3. The van der Waals surface area contributed by atoms with Crippen molar-refractivity contribution in [3.8, 4) is 0 Å². The number of hydrogen-bond acceptors (Lipinski definition) is 5. The monoisotopic (exact) mass is 469 g/mol. The third-order valence-electron chi connectivity index (χ3n) is 6.20. The van der Waals surface area contributed by atoms with Crippen molar-refractivity contribution in [2.45, 2.75) is 33.6 Å². The number of nitrogens with two attached hydrogens (primary N) is 1. The van der Waals surface area contributed by atoms with E-state index in [1.807, 2.05) is 20.0 Å². The number of fused-ring (bicyclic) bond motifs is 3. The highest BCUT2D eigenvalue weighted by atomic mass is 15.2. The topological polar surface area (TPSA) is 58.3 Å². The van der Waals surface area contributed by atoms with Crippen LogP contribution in [0.1, 0.15) is 36.1 Å². The first-order chi connectivity index (χ1) is 16.8. The van der Waals surface area contributed by atoms with Gasteiger partial charge >= 0.3 is 0 Å². The second-order valence-electron chi connectivity index (χ2n) is 9.13. The average Bonchev–Trinajstić information content (AvgIpc) is 2.87. The number of aromatic nitrogens is 2. The molecule has 0 atom stereocenters. The molecule has 0 radical (unpaired) electrons. The van der Waals surface area contributed by atoms with Gasteiger partial charge in [0, 0.05) is 42.8 Å². The molecule has 2 heterocycles. The minimum atomic E-state index is 0.487. The third kappa shape index (κ3) is 6.37. The molecule has 0 aliphatic carbocycles. The van der Waals surface area contributed by atoms with Gasteiger partial charge in [0.25, 0.3) is 0 Å². The second kappa shape index (κ2) is 11.8. The Morgan fingerprint density at radius 2 is 1.57 bits per heavy atom. The second-order valence-corrected chi connectivity index (χ2v) is 9.13. The molecule has 0 aliphatic heterocycles. The highest BCUT2D eigenvalue weighted by molar-refractivity contribution is 6.08. The van der Waals surface area contributed by atoms with E-state index < -0.39 is 0 Å². The molecule has 0 aliphatic rings. The van der Waals surface area contributed by atoms with Gasteiger partial charge in [0.1, 0.15) is 5.52 Å². The summed E-state index contributed by atoms with van der Waals surface area (Å²) in [4.78, 5) is 13.6. The van der Waals surface area contributed by atoms with Gasteiger partial charge in [-0.05, 0) is 68.2 Å². The number of nitrogens with zero attached hydrogens (tertiary/aromatic N) is 4. The summed E-state index contributed by atoms with van der Waals surface area (Å²) in [7, 11) is 6.27. The van der Waals surface area contributed by atoms with Gasteiger partial charge in [0.2, 0.25) is 0 Å². The molecule has 2 aromatic carbocycles. The van der Waals surface area contributed by atoms with E-state index in [-0.39, 0.29) is 0 Å². The Bertz CT molecular complexity index is 1290. The minimum Gasteiger partial charge on any atom is -0.382 e. The van der Waals surface area contributed by atoms with E-state index in [0.717, 1.165) is 59.0 Å². The molecule has 0 unspecified atom stereocenters. The molecule has 5 nitrogen and oxygen atoms in total. The fourth-order valence-electron chi connectivity index (χ4n) is 4.06. The standard InChI is InChI=1S/C28H33N5.C2H6/c1-19-6-13-24-25-17-22(18-30-27(25)28(29)31-26(24)16-19)8-7-21-9-11-23(12-10-21)20(2)33(5)15-14-32(3)4;1-2/h6,9-13,16-18H,2,7-8,14-15H2,1,3-5H3,(H2,29,31);1-2H3. The summed E-state index contributed by atoms with van der Waals surface area (Å²) in [5.41, 5.74) is 13.8. The van der Waals surface area contributed by atoms with E-state index in [0.29, 0.717) is 5.82 Å². The van der Waals surface area contributed by atoms with Crippen molar-refractivity contribution < 1.29 is 0 Å². The number of hydrogen-bond donors (Lipinski definition) is 1. The molecule has 4 rings (SSSR count). The molecule has 0 saturated heterocycles. The number of benzene rings is 2. The smallest absolute Gasteiger partial charge is 0.150 e. The van der Waals surface area contributed by atoms with Crippen LogP contribution >= 0.6 is 0 Å². The van der Waals surface area contributed by atoms with Gasteiger partial charge in [-0.1, -0.05) is 56.8 Å². The van der Waals surface area contributed by atoms with Crippen molar-refractivity contribution in [1.82, 2.24) is 19.8 Å². The van der Waals surface area contributed by atoms with E-state index in [1.165, 1.54) is 16.7 Å². The Balaban J connectivity index is 0.00000167. The van der Waals surface area contributed by atoms with Crippen molar-refractivity contribution in [3.05, 3.63) is 83.6 Å². The summed E-state index contributed by atoms with van der Waals surface area (Å²) >= 11 is 0. The fraction of sp³-hybridized carbons (Fsp3) is 0.333. The molecule has 0 bridgehead atoms. The number of pyridine rings is 2. The number of rotatable bonds is 8. The maximum Gasteiger partial charge on any atom is 0.150 e. The molecule has 0 saturated carbocycles. The van der Waals surface area contributed by atoms with E-state index in [2.05, 4.69) is 103 Å². The lowest BCUT2D eigenvalue weighted by Crippen LogP contribution is -2.27. The lowest BCUT2D eigenvalue weighted by molar-refractivity contribution is 0.349. The van der Waals surface area contributed by atoms with Crippen LogP contribution in [-0.4, -0.2) is 54.0 Å². The van der Waals surface area contributed by atoms with Crippen LogP contribution in [-0.2, 0) is 12.8 Å². The van der Waals surface area contributed by atoms with Crippen LogP contribution in [0.5, 0.6) is 0 Å². The molecular formula is C30H39N5. The van der Waals surface area contributed by atoms with Crippen LogP contribution in [0.25, 0.3) is 27.5 Å². The SMILES string of the molecule is C=C(c1ccc(CCc2cnc3c(N)nc4cc(C)ccc4c3c2)cc1)N(C)CCN(C)C.CC. The maximum absolute atomic E-state index is 6.19. The van der Waals surface area contributed by atoms with Crippen molar-refractivity contribution in [2.75, 3.05) is 40.0 Å². The van der Waals surface area contributed by atoms with Gasteiger partial charge in [0.15, 0.2) is 5.82 Å². The first-order valence-corrected chi connectivity index (χ1v) is 12.4. The summed E-state index contributed by atoms with van der Waals surface area (Å²) in [5.74, 6) is 0.487. The fourth-order valence-corrected chi connectivity index (χ4v) is 4.06. The Morgan fingerprint density at radius 3 is 2.26 bits per heavy atom. The van der Waals surface area contributed by atoms with Gasteiger partial charge in [-0.25, -0.2) is 4.98 Å². The van der Waals surface area contributed by atoms with Crippen molar-refractivity contribution in [3.63, 3.8) is 0 Å². The molecule has 4 aromatic rings. The number of anilines is 1. The zero-order chi connectivity index (χ0) is 25.5. The average molecular weight is 470 g/mol. The van der Waals surface area contributed by atoms with E-state index in [1.54, 1.807) is 0 Å². The van der Waals surface area contributed by atoms with Gasteiger partial charge in [-0.3, -0.25) is 4.98 Å². The molecule has 35 heavy (non-hydrogen) atoms. The lowest BCUT2D eigenvalue weighted by atomic mass is 10.0. The van der Waals surface area contributed by atoms with E-state index >= 15 is 0 Å². The first-order valence-electron chi connectivity index (χ1n) is 12.4. The quantitative estimate of drug-likeness (QED) is 0.323. The normalized spacial score (nSPS) is 10.9. The molecule has 2 aromatic heterocycles. The summed E-state index contributed by atoms with van der Waals surface area (Å²) in [5, 5.41) is 2.17. The zero-order valence-electron chi connectivity index (χ0n) is 22.1. The molecule has 184 valence electrons. The third-order valence-corrected chi connectivity index (χ3v) is 6.20. The van der Waals surface area contributed by atoms with Crippen LogP contribution in [0.4, 0.5) is 5.82 Å². The summed E-state index contributed by atoms with van der Waals surface area (Å²) in [6, 6.07) is 17.3. The van der Waals surface area contributed by atoms with Crippen LogP contribution in [0.15, 0.2) is 61.3 Å². The highest BCUT2D eigenvalue weighted by Crippen LogP contribution is 2.28. The van der Waals surface area contributed by atoms with Gasteiger partial charge < -0.3 is 15.5 Å². The highest BCUT2D eigenvalue weighted by Gasteiger charge is 2.10. The van der Waals surface area contributed by atoms with Crippen molar-refractivity contribution >= 4 is 33.3 Å². The first kappa shape index (κ1) is 26.2. The Morgan fingerprint density at radius 1 is 0.886 bits per heavy atom. The predicted molar refractivity (Wildman–Crippen MR) is 152 cm³/mol. The Labute approximate surface area is 210 Å². The van der Waals surface area contributed by atoms with Crippen LogP contribution in [0.3, 0.4) is 0 Å². The summed E-state index contributed by atoms with van der Waals surface area (Å²) < 4.78 is 0. The van der Waals surface area contributed by atoms with E-state index in [4.69, 9.17) is 5.73 Å². The minimum absolute atomic E-state index is 0.487. The summed E-state index contributed by atoms with van der Waals surface area (Å²) in [6.07, 6.45) is 3.80. The van der Waals surface area contributed by atoms with Crippen LogP contribution in [0, 0.1) is 6.92 Å². The Hall–Kier alpha value is -3.44. The summed E-state index contributed by atoms with van der Waals surface area (Å²) in [6.45, 7) is 12.3. The van der Waals surface area contributed by atoms with Crippen molar-refractivity contribution in [2.24, 2.45) is 0 Å². The molecule has 0 spiro atoms. The van der Waals surface area contributed by atoms with Gasteiger partial charge in [0.05, 0.1) is 5.52 Å². The molecule has 2 N–H and O–H groups in total. The maximum atomic E-state index is 6.19. The molecular weight excluding hydrogens is 430 g/mol. The molecule has 0 fully saturated rings. The predicted octanol–water partition coefficient (Wildman–Crippen LogP) is 5.95. The van der Waals surface area contributed by atoms with Gasteiger partial charge in [-0.15, -0.1) is 0 Å². The molecule has 0 amide bonds. The van der Waals surface area contributed by atoms with Gasteiger partial charge in [-0.2, -0.15) is 0 Å². The molecule has 5 heteroatoms.